The van der Waals surface area contributed by atoms with Crippen molar-refractivity contribution in [3.63, 3.8) is 0 Å². The van der Waals surface area contributed by atoms with Crippen molar-refractivity contribution in [2.24, 2.45) is 0 Å². The van der Waals surface area contributed by atoms with Crippen LogP contribution in [0.4, 0.5) is 0 Å². The van der Waals surface area contributed by atoms with Gasteiger partial charge < -0.3 is 14.5 Å². The van der Waals surface area contributed by atoms with Crippen LogP contribution in [-0.2, 0) is 0 Å². The van der Waals surface area contributed by atoms with E-state index in [0.29, 0.717) is 17.5 Å². The number of amides is 1. The maximum atomic E-state index is 12.5. The summed E-state index contributed by atoms with van der Waals surface area (Å²) in [7, 11) is 0. The zero-order valence-electron chi connectivity index (χ0n) is 17.5. The number of rotatable bonds is 6. The summed E-state index contributed by atoms with van der Waals surface area (Å²) < 4.78 is 10.7. The molecule has 0 spiro atoms. The number of carbonyl (C=O) groups is 2. The van der Waals surface area contributed by atoms with Crippen LogP contribution in [0.25, 0.3) is 22.1 Å². The first-order chi connectivity index (χ1) is 15.5. The summed E-state index contributed by atoms with van der Waals surface area (Å²) >= 11 is 0. The van der Waals surface area contributed by atoms with E-state index in [1.165, 1.54) is 12.1 Å². The molecular weight excluding hydrogens is 406 g/mol. The standard InChI is InChI=1S/C26H21NO5/c1-2-14-27-24(28)22-15-20-12-13-21(16-23(20)32-26(22)30)31-25(29)19-10-8-18(9-11-19)17-6-4-3-5-7-17/h3-13,15-16H,2,14H2,1H3,(H,27,28). The molecule has 1 aromatic heterocycles. The van der Waals surface area contributed by atoms with Gasteiger partial charge in [-0.25, -0.2) is 9.59 Å². The van der Waals surface area contributed by atoms with Crippen LogP contribution in [0.5, 0.6) is 5.75 Å². The maximum Gasteiger partial charge on any atom is 0.349 e. The summed E-state index contributed by atoms with van der Waals surface area (Å²) in [4.78, 5) is 36.9. The van der Waals surface area contributed by atoms with Crippen LogP contribution in [0, 0.1) is 0 Å². The normalized spacial score (nSPS) is 10.7. The predicted octanol–water partition coefficient (Wildman–Crippen LogP) is 4.82. The molecule has 0 radical (unpaired) electrons. The number of esters is 1. The monoisotopic (exact) mass is 427 g/mol. The third-order valence-corrected chi connectivity index (χ3v) is 4.93. The smallest absolute Gasteiger partial charge is 0.349 e. The molecule has 6 heteroatoms. The van der Waals surface area contributed by atoms with Crippen LogP contribution in [0.3, 0.4) is 0 Å². The van der Waals surface area contributed by atoms with E-state index in [9.17, 15) is 14.4 Å². The minimum atomic E-state index is -0.744. The van der Waals surface area contributed by atoms with E-state index in [0.717, 1.165) is 17.5 Å². The van der Waals surface area contributed by atoms with E-state index in [4.69, 9.17) is 9.15 Å². The first-order valence-corrected chi connectivity index (χ1v) is 10.3. The van der Waals surface area contributed by atoms with Gasteiger partial charge in [-0.15, -0.1) is 0 Å². The van der Waals surface area contributed by atoms with Crippen LogP contribution in [0.2, 0.25) is 0 Å². The molecule has 6 nitrogen and oxygen atoms in total. The Morgan fingerprint density at radius 1 is 0.906 bits per heavy atom. The van der Waals surface area contributed by atoms with Gasteiger partial charge in [0.1, 0.15) is 16.9 Å². The summed E-state index contributed by atoms with van der Waals surface area (Å²) in [6.45, 7) is 2.39. The molecule has 0 saturated heterocycles. The Labute approximate surface area is 184 Å². The third kappa shape index (κ3) is 4.59. The quantitative estimate of drug-likeness (QED) is 0.271. The summed E-state index contributed by atoms with van der Waals surface area (Å²) in [5.74, 6) is -0.764. The zero-order chi connectivity index (χ0) is 22.5. The minimum absolute atomic E-state index is 0.0609. The number of ether oxygens (including phenoxy) is 1. The van der Waals surface area contributed by atoms with Crippen LogP contribution < -0.4 is 15.7 Å². The lowest BCUT2D eigenvalue weighted by molar-refractivity contribution is 0.0734. The maximum absolute atomic E-state index is 12.5. The van der Waals surface area contributed by atoms with Crippen molar-refractivity contribution in [1.29, 1.82) is 0 Å². The van der Waals surface area contributed by atoms with Gasteiger partial charge in [0.05, 0.1) is 5.56 Å². The van der Waals surface area contributed by atoms with Gasteiger partial charge in [-0.05, 0) is 47.9 Å². The molecule has 0 fully saturated rings. The number of nitrogens with one attached hydrogen (secondary N) is 1. The van der Waals surface area contributed by atoms with Crippen molar-refractivity contribution >= 4 is 22.8 Å². The highest BCUT2D eigenvalue weighted by atomic mass is 16.5. The minimum Gasteiger partial charge on any atom is -0.423 e. The Balaban J connectivity index is 1.52. The molecule has 4 rings (SSSR count). The summed E-state index contributed by atoms with van der Waals surface area (Å²) in [5, 5.41) is 3.21. The second-order valence-electron chi connectivity index (χ2n) is 7.24. The molecule has 1 N–H and O–H groups in total. The lowest BCUT2D eigenvalue weighted by Gasteiger charge is -2.07. The number of carbonyl (C=O) groups excluding carboxylic acids is 2. The van der Waals surface area contributed by atoms with E-state index in [1.54, 1.807) is 24.3 Å². The van der Waals surface area contributed by atoms with Gasteiger partial charge in [-0.1, -0.05) is 49.4 Å². The Kier molecular flexibility index (Phi) is 6.12. The average molecular weight is 427 g/mol. The number of fused-ring (bicyclic) bond motifs is 1. The van der Waals surface area contributed by atoms with Crippen LogP contribution in [0.15, 0.2) is 88.1 Å². The predicted molar refractivity (Wildman–Crippen MR) is 122 cm³/mol. The molecular formula is C26H21NO5. The van der Waals surface area contributed by atoms with Crippen molar-refractivity contribution in [1.82, 2.24) is 5.32 Å². The van der Waals surface area contributed by atoms with Crippen molar-refractivity contribution in [3.8, 4) is 16.9 Å². The van der Waals surface area contributed by atoms with Crippen molar-refractivity contribution in [2.45, 2.75) is 13.3 Å². The van der Waals surface area contributed by atoms with Crippen molar-refractivity contribution in [3.05, 3.63) is 100 Å². The zero-order valence-corrected chi connectivity index (χ0v) is 17.5. The number of hydrogen-bond donors (Lipinski definition) is 1. The van der Waals surface area contributed by atoms with Gasteiger partial charge in [-0.3, -0.25) is 4.79 Å². The van der Waals surface area contributed by atoms with Crippen molar-refractivity contribution < 1.29 is 18.7 Å². The van der Waals surface area contributed by atoms with Crippen LogP contribution in [0.1, 0.15) is 34.1 Å². The largest absolute Gasteiger partial charge is 0.423 e. The molecule has 0 atom stereocenters. The van der Waals surface area contributed by atoms with Gasteiger partial charge in [0, 0.05) is 18.0 Å². The second kappa shape index (κ2) is 9.31. The molecule has 4 aromatic rings. The highest BCUT2D eigenvalue weighted by Crippen LogP contribution is 2.23. The SMILES string of the molecule is CCCNC(=O)c1cc2ccc(OC(=O)c3ccc(-c4ccccc4)cc3)cc2oc1=O. The van der Waals surface area contributed by atoms with Crippen molar-refractivity contribution in [2.75, 3.05) is 6.54 Å². The van der Waals surface area contributed by atoms with E-state index < -0.39 is 17.5 Å². The van der Waals surface area contributed by atoms with Gasteiger partial charge >= 0.3 is 11.6 Å². The molecule has 0 unspecified atom stereocenters. The molecule has 1 heterocycles. The molecule has 160 valence electrons. The Morgan fingerprint density at radius 3 is 2.34 bits per heavy atom. The molecule has 0 aliphatic heterocycles. The first kappa shape index (κ1) is 21.1. The summed E-state index contributed by atoms with van der Waals surface area (Å²) in [5.41, 5.74) is 1.87. The summed E-state index contributed by atoms with van der Waals surface area (Å²) in [6, 6.07) is 23.1. The highest BCUT2D eigenvalue weighted by molar-refractivity contribution is 5.97. The molecule has 0 aliphatic carbocycles. The fourth-order valence-corrected chi connectivity index (χ4v) is 3.24. The third-order valence-electron chi connectivity index (χ3n) is 4.93. The Hall–Kier alpha value is -4.19. The molecule has 0 bridgehead atoms. The summed E-state index contributed by atoms with van der Waals surface area (Å²) in [6.07, 6.45) is 0.758. The highest BCUT2D eigenvalue weighted by Gasteiger charge is 2.15. The molecule has 3 aromatic carbocycles. The fourth-order valence-electron chi connectivity index (χ4n) is 3.24. The van der Waals surface area contributed by atoms with Gasteiger partial charge in [-0.2, -0.15) is 0 Å². The lowest BCUT2D eigenvalue weighted by atomic mass is 10.0. The number of hydrogen-bond acceptors (Lipinski definition) is 5. The lowest BCUT2D eigenvalue weighted by Crippen LogP contribution is -2.28. The second-order valence-corrected chi connectivity index (χ2v) is 7.24. The van der Waals surface area contributed by atoms with E-state index in [1.807, 2.05) is 49.4 Å². The van der Waals surface area contributed by atoms with E-state index in [2.05, 4.69) is 5.32 Å². The Bertz CT molecular complexity index is 1320. The Morgan fingerprint density at radius 2 is 1.62 bits per heavy atom. The molecule has 0 saturated carbocycles. The van der Waals surface area contributed by atoms with Crippen LogP contribution >= 0.6 is 0 Å². The average Bonchev–Trinajstić information content (AvgIpc) is 2.82. The van der Waals surface area contributed by atoms with Gasteiger partial charge in [0.15, 0.2) is 0 Å². The first-order valence-electron chi connectivity index (χ1n) is 10.3. The topological polar surface area (TPSA) is 85.6 Å². The van der Waals surface area contributed by atoms with E-state index >= 15 is 0 Å². The van der Waals surface area contributed by atoms with Gasteiger partial charge in [0.2, 0.25) is 0 Å². The van der Waals surface area contributed by atoms with Crippen LogP contribution in [-0.4, -0.2) is 18.4 Å². The fraction of sp³-hybridized carbons (Fsp3) is 0.115. The number of benzene rings is 3. The molecule has 1 amide bonds. The van der Waals surface area contributed by atoms with E-state index in [-0.39, 0.29) is 16.9 Å². The van der Waals surface area contributed by atoms with Gasteiger partial charge in [0.25, 0.3) is 5.91 Å². The molecule has 0 aliphatic rings. The molecule has 32 heavy (non-hydrogen) atoms.